The van der Waals surface area contributed by atoms with Crippen molar-refractivity contribution in [3.8, 4) is 0 Å². The van der Waals surface area contributed by atoms with Gasteiger partial charge in [0.2, 0.25) is 0 Å². The van der Waals surface area contributed by atoms with Gasteiger partial charge in [0.05, 0.1) is 11.4 Å². The molecule has 4 nitrogen and oxygen atoms in total. The fourth-order valence-electron chi connectivity index (χ4n) is 4.20. The Labute approximate surface area is 167 Å². The van der Waals surface area contributed by atoms with Crippen LogP contribution in [-0.4, -0.2) is 68.7 Å². The Morgan fingerprint density at radius 2 is 1.52 bits per heavy atom. The zero-order valence-electron chi connectivity index (χ0n) is 16.3. The third-order valence-corrected chi connectivity index (χ3v) is 6.14. The van der Waals surface area contributed by atoms with Crippen LogP contribution < -0.4 is 9.80 Å². The molecule has 1 fully saturated rings. The normalized spacial score (nSPS) is 19.8. The number of piperazine rings is 1. The third-order valence-electron chi connectivity index (χ3n) is 5.89. The molecule has 2 aromatic rings. The smallest absolute Gasteiger partial charge is 0.0649 e. The van der Waals surface area contributed by atoms with Crippen molar-refractivity contribution in [1.82, 2.24) is 9.80 Å². The molecule has 2 aromatic carbocycles. The van der Waals surface area contributed by atoms with Crippen LogP contribution in [0.3, 0.4) is 0 Å². The maximum Gasteiger partial charge on any atom is 0.0649 e. The van der Waals surface area contributed by atoms with E-state index in [-0.39, 0.29) is 0 Å². The van der Waals surface area contributed by atoms with Gasteiger partial charge in [-0.05, 0) is 50.4 Å². The molecule has 0 aromatic heterocycles. The van der Waals surface area contributed by atoms with E-state index in [2.05, 4.69) is 70.0 Å². The largest absolute Gasteiger partial charge is 0.367 e. The van der Waals surface area contributed by atoms with E-state index in [1.54, 1.807) is 0 Å². The Morgan fingerprint density at radius 3 is 2.22 bits per heavy atom. The van der Waals surface area contributed by atoms with Crippen molar-refractivity contribution >= 4 is 28.7 Å². The first kappa shape index (κ1) is 18.6. The van der Waals surface area contributed by atoms with Crippen LogP contribution in [0, 0.1) is 0 Å². The van der Waals surface area contributed by atoms with Crippen molar-refractivity contribution in [2.75, 3.05) is 62.7 Å². The molecule has 5 heteroatoms. The molecule has 1 atom stereocenters. The molecule has 1 saturated heterocycles. The molecular formula is C22H29ClN4. The minimum atomic E-state index is 0.564. The average molecular weight is 385 g/mol. The first-order valence-electron chi connectivity index (χ1n) is 9.91. The number of fused-ring (bicyclic) bond motifs is 1. The molecule has 27 heavy (non-hydrogen) atoms. The molecule has 2 aliphatic rings. The van der Waals surface area contributed by atoms with E-state index in [9.17, 15) is 0 Å². The van der Waals surface area contributed by atoms with Crippen LogP contribution in [0.4, 0.5) is 17.1 Å². The first-order valence-corrected chi connectivity index (χ1v) is 10.3. The van der Waals surface area contributed by atoms with Crippen molar-refractivity contribution in [3.63, 3.8) is 0 Å². The Hall–Kier alpha value is -1.75. The summed E-state index contributed by atoms with van der Waals surface area (Å²) in [5, 5.41) is 0.784. The zero-order valence-corrected chi connectivity index (χ0v) is 17.1. The highest BCUT2D eigenvalue weighted by molar-refractivity contribution is 6.30. The summed E-state index contributed by atoms with van der Waals surface area (Å²) >= 11 is 6.08. The SMILES string of the molecule is CC(CN1CCN(c2ccc(Cl)cc2)c2ccccc21)N1CCN(C)CC1. The number of benzene rings is 2. The Balaban J connectivity index is 1.51. The second-order valence-corrected chi connectivity index (χ2v) is 8.19. The fraction of sp³-hybridized carbons (Fsp3) is 0.455. The van der Waals surface area contributed by atoms with Gasteiger partial charge in [-0.2, -0.15) is 0 Å². The molecule has 0 aliphatic carbocycles. The van der Waals surface area contributed by atoms with Crippen LogP contribution in [0.5, 0.6) is 0 Å². The number of anilines is 3. The molecule has 0 spiro atoms. The summed E-state index contributed by atoms with van der Waals surface area (Å²) in [6.45, 7) is 10.2. The number of hydrogen-bond donors (Lipinski definition) is 0. The number of likely N-dealkylation sites (N-methyl/N-ethyl adjacent to an activating group) is 1. The summed E-state index contributed by atoms with van der Waals surface area (Å²) in [5.74, 6) is 0. The van der Waals surface area contributed by atoms with E-state index >= 15 is 0 Å². The van der Waals surface area contributed by atoms with Gasteiger partial charge in [0.15, 0.2) is 0 Å². The second kappa shape index (κ2) is 8.09. The van der Waals surface area contributed by atoms with Gasteiger partial charge in [0, 0.05) is 62.6 Å². The van der Waals surface area contributed by atoms with E-state index in [4.69, 9.17) is 11.6 Å². The summed E-state index contributed by atoms with van der Waals surface area (Å²) < 4.78 is 0. The molecule has 144 valence electrons. The quantitative estimate of drug-likeness (QED) is 0.791. The van der Waals surface area contributed by atoms with E-state index in [0.29, 0.717) is 6.04 Å². The van der Waals surface area contributed by atoms with Crippen molar-refractivity contribution in [2.45, 2.75) is 13.0 Å². The molecular weight excluding hydrogens is 356 g/mol. The van der Waals surface area contributed by atoms with Gasteiger partial charge >= 0.3 is 0 Å². The summed E-state index contributed by atoms with van der Waals surface area (Å²) in [5.41, 5.74) is 3.83. The molecule has 4 rings (SSSR count). The molecule has 0 N–H and O–H groups in total. The van der Waals surface area contributed by atoms with Crippen LogP contribution in [0.15, 0.2) is 48.5 Å². The predicted octanol–water partition coefficient (Wildman–Crippen LogP) is 3.93. The summed E-state index contributed by atoms with van der Waals surface area (Å²) in [6.07, 6.45) is 0. The highest BCUT2D eigenvalue weighted by Gasteiger charge is 2.26. The number of para-hydroxylation sites is 2. The van der Waals surface area contributed by atoms with Crippen LogP contribution in [-0.2, 0) is 0 Å². The molecule has 2 heterocycles. The molecule has 0 radical (unpaired) electrons. The highest BCUT2D eigenvalue weighted by atomic mass is 35.5. The first-order chi connectivity index (χ1) is 13.1. The summed E-state index contributed by atoms with van der Waals surface area (Å²) in [7, 11) is 2.22. The third kappa shape index (κ3) is 4.08. The maximum atomic E-state index is 6.08. The minimum absolute atomic E-state index is 0.564. The van der Waals surface area contributed by atoms with Crippen molar-refractivity contribution in [2.24, 2.45) is 0 Å². The topological polar surface area (TPSA) is 13.0 Å². The van der Waals surface area contributed by atoms with E-state index in [1.165, 1.54) is 43.2 Å². The van der Waals surface area contributed by atoms with Gasteiger partial charge in [-0.15, -0.1) is 0 Å². The Bertz CT molecular complexity index is 755. The van der Waals surface area contributed by atoms with Gasteiger partial charge < -0.3 is 14.7 Å². The number of hydrogen-bond acceptors (Lipinski definition) is 4. The lowest BCUT2D eigenvalue weighted by molar-refractivity contribution is 0.121. The van der Waals surface area contributed by atoms with Gasteiger partial charge in [-0.1, -0.05) is 23.7 Å². The van der Waals surface area contributed by atoms with E-state index < -0.39 is 0 Å². The van der Waals surface area contributed by atoms with Crippen molar-refractivity contribution in [3.05, 3.63) is 53.6 Å². The number of halogens is 1. The Morgan fingerprint density at radius 1 is 0.852 bits per heavy atom. The lowest BCUT2D eigenvalue weighted by Crippen LogP contribution is -2.52. The molecule has 1 unspecified atom stereocenters. The minimum Gasteiger partial charge on any atom is -0.367 e. The van der Waals surface area contributed by atoms with Crippen molar-refractivity contribution < 1.29 is 0 Å². The van der Waals surface area contributed by atoms with Gasteiger partial charge in [0.25, 0.3) is 0 Å². The fourth-order valence-corrected chi connectivity index (χ4v) is 4.32. The standard InChI is InChI=1S/C22H29ClN4/c1-18(25-13-11-24(2)12-14-25)17-26-15-16-27(20-9-7-19(23)8-10-20)22-6-4-3-5-21(22)26/h3-10,18H,11-17H2,1-2H3. The zero-order chi connectivity index (χ0) is 18.8. The predicted molar refractivity (Wildman–Crippen MR) is 116 cm³/mol. The molecule has 0 saturated carbocycles. The summed E-state index contributed by atoms with van der Waals surface area (Å²) in [4.78, 5) is 10.0. The number of nitrogens with zero attached hydrogens (tertiary/aromatic N) is 4. The Kier molecular flexibility index (Phi) is 5.58. The molecule has 0 amide bonds. The summed E-state index contributed by atoms with van der Waals surface area (Å²) in [6, 6.07) is 17.5. The monoisotopic (exact) mass is 384 g/mol. The highest BCUT2D eigenvalue weighted by Crippen LogP contribution is 2.37. The second-order valence-electron chi connectivity index (χ2n) is 7.75. The average Bonchev–Trinajstić information content (AvgIpc) is 2.69. The van der Waals surface area contributed by atoms with Crippen molar-refractivity contribution in [1.29, 1.82) is 0 Å². The van der Waals surface area contributed by atoms with Gasteiger partial charge in [0.1, 0.15) is 0 Å². The van der Waals surface area contributed by atoms with E-state index in [1.807, 2.05) is 12.1 Å². The number of rotatable bonds is 4. The van der Waals surface area contributed by atoms with E-state index in [0.717, 1.165) is 24.7 Å². The van der Waals surface area contributed by atoms with Gasteiger partial charge in [-0.3, -0.25) is 4.90 Å². The van der Waals surface area contributed by atoms with Crippen LogP contribution in [0.2, 0.25) is 5.02 Å². The lowest BCUT2D eigenvalue weighted by Gasteiger charge is -2.43. The molecule has 2 aliphatic heterocycles. The van der Waals surface area contributed by atoms with Crippen LogP contribution >= 0.6 is 11.6 Å². The van der Waals surface area contributed by atoms with Gasteiger partial charge in [-0.25, -0.2) is 0 Å². The van der Waals surface area contributed by atoms with Crippen LogP contribution in [0.1, 0.15) is 6.92 Å². The van der Waals surface area contributed by atoms with Crippen LogP contribution in [0.25, 0.3) is 0 Å². The maximum absolute atomic E-state index is 6.08. The molecule has 0 bridgehead atoms. The lowest BCUT2D eigenvalue weighted by atomic mass is 10.1.